The third-order valence-corrected chi connectivity index (χ3v) is 3.25. The molecule has 1 aliphatic heterocycles. The Balaban J connectivity index is 2.18. The van der Waals surface area contributed by atoms with Crippen LogP contribution >= 0.6 is 0 Å². The fraction of sp³-hybridized carbons (Fsp3) is 0.636. The first-order valence-corrected chi connectivity index (χ1v) is 4.84. The van der Waals surface area contributed by atoms with Gasteiger partial charge in [-0.15, -0.1) is 0 Å². The van der Waals surface area contributed by atoms with Gasteiger partial charge >= 0.3 is 0 Å². The first-order chi connectivity index (χ1) is 5.79. The van der Waals surface area contributed by atoms with Gasteiger partial charge in [0.05, 0.1) is 0 Å². The lowest BCUT2D eigenvalue weighted by Gasteiger charge is -2.41. The first kappa shape index (κ1) is 8.06. The number of likely N-dealkylation sites (tertiary alicyclic amines) is 1. The molecule has 1 heteroatoms. The van der Waals surface area contributed by atoms with Crippen molar-refractivity contribution < 1.29 is 0 Å². The lowest BCUT2D eigenvalue weighted by atomic mass is 9.79. The van der Waals surface area contributed by atoms with Crippen LogP contribution < -0.4 is 0 Å². The monoisotopic (exact) mass is 163 g/mol. The van der Waals surface area contributed by atoms with Gasteiger partial charge in [-0.25, -0.2) is 0 Å². The van der Waals surface area contributed by atoms with Crippen LogP contribution in [0.1, 0.15) is 13.3 Å². The van der Waals surface area contributed by atoms with Gasteiger partial charge in [-0.3, -0.25) is 4.90 Å². The molecule has 12 heavy (non-hydrogen) atoms. The SMILES string of the molecule is CC1CCN(C)C2C=CC=CC12. The van der Waals surface area contributed by atoms with Crippen LogP contribution in [0.3, 0.4) is 0 Å². The van der Waals surface area contributed by atoms with E-state index in [-0.39, 0.29) is 0 Å². The van der Waals surface area contributed by atoms with Gasteiger partial charge < -0.3 is 0 Å². The summed E-state index contributed by atoms with van der Waals surface area (Å²) in [6.07, 6.45) is 10.4. The maximum Gasteiger partial charge on any atom is 0.0343 e. The van der Waals surface area contributed by atoms with Gasteiger partial charge in [-0.1, -0.05) is 31.2 Å². The van der Waals surface area contributed by atoms with Gasteiger partial charge in [0.15, 0.2) is 0 Å². The lowest BCUT2D eigenvalue weighted by molar-refractivity contribution is 0.133. The van der Waals surface area contributed by atoms with E-state index in [1.165, 1.54) is 13.0 Å². The number of hydrogen-bond acceptors (Lipinski definition) is 1. The zero-order chi connectivity index (χ0) is 8.55. The molecule has 0 aromatic heterocycles. The predicted octanol–water partition coefficient (Wildman–Crippen LogP) is 2.07. The Bertz CT molecular complexity index is 193. The summed E-state index contributed by atoms with van der Waals surface area (Å²) in [5.41, 5.74) is 0. The third-order valence-electron chi connectivity index (χ3n) is 3.25. The molecule has 1 fully saturated rings. The maximum absolute atomic E-state index is 2.46. The summed E-state index contributed by atoms with van der Waals surface area (Å²) in [7, 11) is 2.23. The molecule has 3 atom stereocenters. The van der Waals surface area contributed by atoms with E-state index in [0.29, 0.717) is 6.04 Å². The summed E-state index contributed by atoms with van der Waals surface area (Å²) < 4.78 is 0. The summed E-state index contributed by atoms with van der Waals surface area (Å²) >= 11 is 0. The number of likely N-dealkylation sites (N-methyl/N-ethyl adjacent to an activating group) is 1. The highest BCUT2D eigenvalue weighted by Crippen LogP contribution is 2.31. The molecule has 1 heterocycles. The van der Waals surface area contributed by atoms with Gasteiger partial charge in [0, 0.05) is 6.04 Å². The topological polar surface area (TPSA) is 3.24 Å². The minimum absolute atomic E-state index is 0.666. The summed E-state index contributed by atoms with van der Waals surface area (Å²) in [5, 5.41) is 0. The molecule has 2 aliphatic rings. The van der Waals surface area contributed by atoms with Crippen LogP contribution in [-0.4, -0.2) is 24.5 Å². The van der Waals surface area contributed by atoms with Crippen molar-refractivity contribution in [1.82, 2.24) is 4.90 Å². The third kappa shape index (κ3) is 1.22. The molecule has 0 spiro atoms. The molecule has 0 saturated carbocycles. The van der Waals surface area contributed by atoms with E-state index in [4.69, 9.17) is 0 Å². The molecule has 0 aromatic carbocycles. The number of fused-ring (bicyclic) bond motifs is 1. The van der Waals surface area contributed by atoms with Crippen LogP contribution in [0.15, 0.2) is 24.3 Å². The summed E-state index contributed by atoms with van der Waals surface area (Å²) in [5.74, 6) is 1.61. The molecule has 0 radical (unpaired) electrons. The minimum Gasteiger partial charge on any atom is -0.299 e. The average molecular weight is 163 g/mol. The molecule has 0 N–H and O–H groups in total. The largest absolute Gasteiger partial charge is 0.299 e. The molecule has 3 unspecified atom stereocenters. The number of piperidine rings is 1. The van der Waals surface area contributed by atoms with Crippen molar-refractivity contribution in [2.45, 2.75) is 19.4 Å². The summed E-state index contributed by atoms with van der Waals surface area (Å²) in [6, 6.07) is 0.666. The second kappa shape index (κ2) is 3.06. The van der Waals surface area contributed by atoms with E-state index in [1.54, 1.807) is 0 Å². The van der Waals surface area contributed by atoms with E-state index in [2.05, 4.69) is 43.2 Å². The molecule has 2 rings (SSSR count). The zero-order valence-electron chi connectivity index (χ0n) is 7.90. The predicted molar refractivity (Wildman–Crippen MR) is 52.0 cm³/mol. The fourth-order valence-electron chi connectivity index (χ4n) is 2.33. The van der Waals surface area contributed by atoms with Gasteiger partial charge in [-0.2, -0.15) is 0 Å². The van der Waals surface area contributed by atoms with Crippen LogP contribution in [0.4, 0.5) is 0 Å². The Morgan fingerprint density at radius 2 is 2.00 bits per heavy atom. The smallest absolute Gasteiger partial charge is 0.0343 e. The van der Waals surface area contributed by atoms with Crippen LogP contribution in [0.2, 0.25) is 0 Å². The quantitative estimate of drug-likeness (QED) is 0.528. The molecule has 1 aliphatic carbocycles. The molecule has 1 nitrogen and oxygen atoms in total. The number of hydrogen-bond donors (Lipinski definition) is 0. The summed E-state index contributed by atoms with van der Waals surface area (Å²) in [4.78, 5) is 2.46. The van der Waals surface area contributed by atoms with E-state index in [1.807, 2.05) is 0 Å². The standard InChI is InChI=1S/C11H17N/c1-9-7-8-12(2)11-6-4-3-5-10(9)11/h3-6,9-11H,7-8H2,1-2H3. The van der Waals surface area contributed by atoms with E-state index in [9.17, 15) is 0 Å². The number of allylic oxidation sites excluding steroid dienone is 2. The van der Waals surface area contributed by atoms with Crippen molar-refractivity contribution in [3.63, 3.8) is 0 Å². The van der Waals surface area contributed by atoms with Gasteiger partial charge in [-0.05, 0) is 31.8 Å². The Kier molecular flexibility index (Phi) is 2.05. The Morgan fingerprint density at radius 3 is 2.75 bits per heavy atom. The Morgan fingerprint density at radius 1 is 1.25 bits per heavy atom. The van der Waals surface area contributed by atoms with Crippen LogP contribution in [0.25, 0.3) is 0 Å². The van der Waals surface area contributed by atoms with Gasteiger partial charge in [0.2, 0.25) is 0 Å². The van der Waals surface area contributed by atoms with Crippen molar-refractivity contribution in [3.05, 3.63) is 24.3 Å². The molecular weight excluding hydrogens is 146 g/mol. The Hall–Kier alpha value is -0.560. The molecule has 1 saturated heterocycles. The van der Waals surface area contributed by atoms with Crippen molar-refractivity contribution in [3.8, 4) is 0 Å². The molecular formula is C11H17N. The molecule has 0 amide bonds. The first-order valence-electron chi connectivity index (χ1n) is 4.84. The maximum atomic E-state index is 2.46. The van der Waals surface area contributed by atoms with Crippen LogP contribution in [0.5, 0.6) is 0 Å². The second-order valence-corrected chi connectivity index (χ2v) is 4.08. The highest BCUT2D eigenvalue weighted by molar-refractivity contribution is 5.19. The van der Waals surface area contributed by atoms with Crippen LogP contribution in [-0.2, 0) is 0 Å². The van der Waals surface area contributed by atoms with Gasteiger partial charge in [0.25, 0.3) is 0 Å². The van der Waals surface area contributed by atoms with Gasteiger partial charge in [0.1, 0.15) is 0 Å². The second-order valence-electron chi connectivity index (χ2n) is 4.08. The van der Waals surface area contributed by atoms with E-state index >= 15 is 0 Å². The highest BCUT2D eigenvalue weighted by atomic mass is 15.1. The van der Waals surface area contributed by atoms with E-state index < -0.39 is 0 Å². The zero-order valence-corrected chi connectivity index (χ0v) is 7.90. The number of rotatable bonds is 0. The molecule has 0 aromatic rings. The van der Waals surface area contributed by atoms with Crippen molar-refractivity contribution in [1.29, 1.82) is 0 Å². The van der Waals surface area contributed by atoms with Crippen LogP contribution in [0, 0.1) is 11.8 Å². The van der Waals surface area contributed by atoms with Crippen molar-refractivity contribution in [2.24, 2.45) is 11.8 Å². The Labute approximate surface area is 74.8 Å². The average Bonchev–Trinajstić information content (AvgIpc) is 2.12. The fourth-order valence-corrected chi connectivity index (χ4v) is 2.33. The lowest BCUT2D eigenvalue weighted by Crippen LogP contribution is -2.45. The molecule has 0 bridgehead atoms. The normalized spacial score (nSPS) is 41.3. The minimum atomic E-state index is 0.666. The summed E-state index contributed by atoms with van der Waals surface area (Å²) in [6.45, 7) is 3.62. The highest BCUT2D eigenvalue weighted by Gasteiger charge is 2.31. The van der Waals surface area contributed by atoms with E-state index in [0.717, 1.165) is 11.8 Å². The number of nitrogens with zero attached hydrogens (tertiary/aromatic N) is 1. The van der Waals surface area contributed by atoms with Crippen molar-refractivity contribution in [2.75, 3.05) is 13.6 Å². The molecule has 66 valence electrons. The van der Waals surface area contributed by atoms with Crippen molar-refractivity contribution >= 4 is 0 Å².